The second kappa shape index (κ2) is 4.53. The highest BCUT2D eigenvalue weighted by atomic mass is 19.1. The van der Waals surface area contributed by atoms with Crippen molar-refractivity contribution < 1.29 is 9.18 Å². The molecule has 1 saturated carbocycles. The quantitative estimate of drug-likeness (QED) is 0.888. The Kier molecular flexibility index (Phi) is 2.75. The summed E-state index contributed by atoms with van der Waals surface area (Å²) < 4.78 is 15.4. The Hall–Kier alpha value is -1.95. The number of nitrogens with one attached hydrogen (secondary N) is 2. The van der Waals surface area contributed by atoms with Crippen LogP contribution in [0.2, 0.25) is 0 Å². The van der Waals surface area contributed by atoms with Gasteiger partial charge in [0, 0.05) is 11.5 Å². The molecule has 1 saturated heterocycles. The van der Waals surface area contributed by atoms with Crippen molar-refractivity contribution in [3.05, 3.63) is 30.2 Å². The first-order valence-electron chi connectivity index (χ1n) is 7.35. The monoisotopic (exact) mass is 288 g/mol. The van der Waals surface area contributed by atoms with Gasteiger partial charge in [0.15, 0.2) is 11.6 Å². The van der Waals surface area contributed by atoms with Crippen LogP contribution in [0.3, 0.4) is 0 Å². The van der Waals surface area contributed by atoms with Crippen molar-refractivity contribution in [3.63, 3.8) is 0 Å². The summed E-state index contributed by atoms with van der Waals surface area (Å²) in [5.74, 6) is -0.496. The molecular weight excluding hydrogens is 271 g/mol. The molecular formula is C15H17FN4O. The Morgan fingerprint density at radius 1 is 1.43 bits per heavy atom. The molecule has 5 nitrogen and oxygen atoms in total. The Bertz CT molecular complexity index is 707. The van der Waals surface area contributed by atoms with Crippen LogP contribution in [-0.4, -0.2) is 27.6 Å². The van der Waals surface area contributed by atoms with E-state index in [-0.39, 0.29) is 23.2 Å². The number of carbonyl (C=O) groups excluding carboxylic acids is 1. The van der Waals surface area contributed by atoms with E-state index in [9.17, 15) is 9.18 Å². The molecule has 1 aliphatic heterocycles. The Labute approximate surface area is 121 Å². The number of rotatable bonds is 2. The normalized spacial score (nSPS) is 23.4. The first-order valence-corrected chi connectivity index (χ1v) is 7.35. The average molecular weight is 288 g/mol. The van der Waals surface area contributed by atoms with Gasteiger partial charge in [-0.05, 0) is 50.4 Å². The average Bonchev–Trinajstić information content (AvgIpc) is 3.04. The van der Waals surface area contributed by atoms with Gasteiger partial charge in [0.25, 0.3) is 0 Å². The van der Waals surface area contributed by atoms with E-state index in [1.165, 1.54) is 10.6 Å². The third-order valence-corrected chi connectivity index (χ3v) is 4.61. The predicted octanol–water partition coefficient (Wildman–Crippen LogP) is 1.94. The third kappa shape index (κ3) is 2.19. The molecule has 3 heterocycles. The number of carbonyl (C=O) groups is 1. The summed E-state index contributed by atoms with van der Waals surface area (Å²) >= 11 is 0. The van der Waals surface area contributed by atoms with Gasteiger partial charge in [-0.2, -0.15) is 5.10 Å². The molecule has 2 aromatic heterocycles. The number of halogens is 1. The van der Waals surface area contributed by atoms with Crippen LogP contribution in [0.4, 0.5) is 10.2 Å². The van der Waals surface area contributed by atoms with E-state index in [0.29, 0.717) is 0 Å². The van der Waals surface area contributed by atoms with Gasteiger partial charge in [0.2, 0.25) is 5.91 Å². The van der Waals surface area contributed by atoms with Crippen LogP contribution in [0.5, 0.6) is 0 Å². The van der Waals surface area contributed by atoms with Crippen molar-refractivity contribution in [2.75, 3.05) is 11.9 Å². The molecule has 0 aromatic carbocycles. The van der Waals surface area contributed by atoms with Crippen molar-refractivity contribution in [1.82, 2.24) is 14.9 Å². The van der Waals surface area contributed by atoms with Crippen LogP contribution in [0.15, 0.2) is 24.4 Å². The zero-order valence-electron chi connectivity index (χ0n) is 11.6. The number of pyridine rings is 1. The summed E-state index contributed by atoms with van der Waals surface area (Å²) in [4.78, 5) is 12.5. The highest BCUT2D eigenvalue weighted by molar-refractivity contribution is 5.92. The Balaban J connectivity index is 1.58. The topological polar surface area (TPSA) is 58.4 Å². The maximum atomic E-state index is 14.0. The molecule has 1 spiro atoms. The highest BCUT2D eigenvalue weighted by Crippen LogP contribution is 2.44. The fraction of sp³-hybridized carbons (Fsp3) is 0.467. The number of hydrogen-bond acceptors (Lipinski definition) is 3. The van der Waals surface area contributed by atoms with Gasteiger partial charge < -0.3 is 10.6 Å². The summed E-state index contributed by atoms with van der Waals surface area (Å²) in [6.45, 7) is 0.854. The van der Waals surface area contributed by atoms with Gasteiger partial charge in [-0.15, -0.1) is 0 Å². The highest BCUT2D eigenvalue weighted by Gasteiger charge is 2.47. The minimum atomic E-state index is -0.463. The zero-order chi connectivity index (χ0) is 14.4. The number of piperidine rings is 1. The third-order valence-electron chi connectivity index (χ3n) is 4.61. The van der Waals surface area contributed by atoms with Gasteiger partial charge in [-0.1, -0.05) is 0 Å². The second-order valence-electron chi connectivity index (χ2n) is 6.08. The molecule has 4 rings (SSSR count). The largest absolute Gasteiger partial charge is 0.311 e. The maximum Gasteiger partial charge on any atom is 0.228 e. The number of fused-ring (bicyclic) bond motifs is 1. The molecule has 2 N–H and O–H groups in total. The van der Waals surface area contributed by atoms with Crippen LogP contribution in [0.1, 0.15) is 25.7 Å². The fourth-order valence-corrected chi connectivity index (χ4v) is 3.21. The standard InChI is InChI=1S/C15H17FN4O/c16-12-2-1-11-4-8-18-20(11)13(12)19-14(21)10-3-7-17-15(9-10)5-6-15/h1-2,4,8,10,17H,3,5-7,9H2,(H,19,21). The molecule has 2 aromatic rings. The number of nitrogens with zero attached hydrogens (tertiary/aromatic N) is 2. The van der Waals surface area contributed by atoms with E-state index in [2.05, 4.69) is 15.7 Å². The molecule has 110 valence electrons. The van der Waals surface area contributed by atoms with Crippen molar-refractivity contribution in [1.29, 1.82) is 0 Å². The molecule has 0 bridgehead atoms. The van der Waals surface area contributed by atoms with Crippen LogP contribution < -0.4 is 10.6 Å². The second-order valence-corrected chi connectivity index (χ2v) is 6.08. The smallest absolute Gasteiger partial charge is 0.228 e. The lowest BCUT2D eigenvalue weighted by Gasteiger charge is -2.29. The van der Waals surface area contributed by atoms with E-state index >= 15 is 0 Å². The van der Waals surface area contributed by atoms with Gasteiger partial charge in [-0.3, -0.25) is 4.79 Å². The molecule has 2 fully saturated rings. The van der Waals surface area contributed by atoms with E-state index in [0.717, 1.165) is 37.7 Å². The maximum absolute atomic E-state index is 14.0. The molecule has 21 heavy (non-hydrogen) atoms. The van der Waals surface area contributed by atoms with E-state index in [1.807, 2.05) is 0 Å². The first-order chi connectivity index (χ1) is 10.2. The number of anilines is 1. The zero-order valence-corrected chi connectivity index (χ0v) is 11.6. The van der Waals surface area contributed by atoms with Crippen molar-refractivity contribution in [3.8, 4) is 0 Å². The predicted molar refractivity (Wildman–Crippen MR) is 76.5 cm³/mol. The summed E-state index contributed by atoms with van der Waals surface area (Å²) in [5, 5.41) is 10.3. The lowest BCUT2D eigenvalue weighted by molar-refractivity contribution is -0.121. The molecule has 1 unspecified atom stereocenters. The summed E-state index contributed by atoms with van der Waals surface area (Å²) in [5.41, 5.74) is 0.937. The first kappa shape index (κ1) is 12.8. The lowest BCUT2D eigenvalue weighted by atomic mass is 9.90. The van der Waals surface area contributed by atoms with Crippen LogP contribution >= 0.6 is 0 Å². The van der Waals surface area contributed by atoms with Crippen molar-refractivity contribution >= 4 is 17.2 Å². The number of aromatic nitrogens is 2. The van der Waals surface area contributed by atoms with Crippen LogP contribution in [-0.2, 0) is 4.79 Å². The number of hydrogen-bond donors (Lipinski definition) is 2. The summed E-state index contributed by atoms with van der Waals surface area (Å²) in [7, 11) is 0. The molecule has 1 aliphatic carbocycles. The van der Waals surface area contributed by atoms with Gasteiger partial charge in [0.1, 0.15) is 0 Å². The fourth-order valence-electron chi connectivity index (χ4n) is 3.21. The van der Waals surface area contributed by atoms with Gasteiger partial charge >= 0.3 is 0 Å². The minimum absolute atomic E-state index is 0.0565. The van der Waals surface area contributed by atoms with E-state index in [4.69, 9.17) is 0 Å². The van der Waals surface area contributed by atoms with Crippen LogP contribution in [0.25, 0.3) is 5.52 Å². The summed E-state index contributed by atoms with van der Waals surface area (Å²) in [6, 6.07) is 4.78. The molecule has 0 radical (unpaired) electrons. The minimum Gasteiger partial charge on any atom is -0.311 e. The molecule has 6 heteroatoms. The molecule has 1 atom stereocenters. The van der Waals surface area contributed by atoms with E-state index in [1.54, 1.807) is 18.3 Å². The summed E-state index contributed by atoms with van der Waals surface area (Å²) in [6.07, 6.45) is 5.51. The van der Waals surface area contributed by atoms with Crippen molar-refractivity contribution in [2.24, 2.45) is 5.92 Å². The van der Waals surface area contributed by atoms with Gasteiger partial charge in [0.05, 0.1) is 11.7 Å². The Morgan fingerprint density at radius 3 is 3.10 bits per heavy atom. The number of amides is 1. The van der Waals surface area contributed by atoms with E-state index < -0.39 is 5.82 Å². The molecule has 1 amide bonds. The SMILES string of the molecule is O=C(Nc1c(F)ccc2ccnn12)C1CCNC2(CC2)C1. The van der Waals surface area contributed by atoms with Crippen LogP contribution in [0, 0.1) is 11.7 Å². The van der Waals surface area contributed by atoms with Gasteiger partial charge in [-0.25, -0.2) is 8.91 Å². The molecule has 2 aliphatic rings. The Morgan fingerprint density at radius 2 is 2.29 bits per heavy atom. The lowest BCUT2D eigenvalue weighted by Crippen LogP contribution is -2.43. The van der Waals surface area contributed by atoms with Crippen molar-refractivity contribution in [2.45, 2.75) is 31.2 Å².